The third-order valence-corrected chi connectivity index (χ3v) is 2.79. The number of hydrogen-bond acceptors (Lipinski definition) is 1. The summed E-state index contributed by atoms with van der Waals surface area (Å²) < 4.78 is 0. The number of carbonyl (C=O) groups is 1. The van der Waals surface area contributed by atoms with E-state index in [2.05, 4.69) is 22.8 Å². The first-order valence-corrected chi connectivity index (χ1v) is 6.40. The fourth-order valence-corrected chi connectivity index (χ4v) is 1.93. The van der Waals surface area contributed by atoms with Gasteiger partial charge in [0.05, 0.1) is 0 Å². The zero-order valence-electron chi connectivity index (χ0n) is 11.0. The Morgan fingerprint density at radius 3 is 2.21 bits per heavy atom. The fraction of sp³-hybridized carbons (Fsp3) is 0.188. The Kier molecular flexibility index (Phi) is 4.56. The SMILES string of the molecule is CC(Cc1ccccc1)NC(=O)Nc1ccccc1. The van der Waals surface area contributed by atoms with Gasteiger partial charge in [-0.25, -0.2) is 4.79 Å². The van der Waals surface area contributed by atoms with Gasteiger partial charge in [-0.1, -0.05) is 48.5 Å². The van der Waals surface area contributed by atoms with Crippen molar-refractivity contribution in [2.45, 2.75) is 19.4 Å². The largest absolute Gasteiger partial charge is 0.335 e. The van der Waals surface area contributed by atoms with Gasteiger partial charge in [0.25, 0.3) is 0 Å². The molecule has 2 aromatic rings. The number of urea groups is 1. The molecule has 0 fully saturated rings. The molecule has 0 saturated carbocycles. The molecular weight excluding hydrogens is 236 g/mol. The summed E-state index contributed by atoms with van der Waals surface area (Å²) in [6, 6.07) is 19.5. The van der Waals surface area contributed by atoms with Crippen LogP contribution < -0.4 is 10.6 Å². The van der Waals surface area contributed by atoms with Crippen molar-refractivity contribution in [3.8, 4) is 0 Å². The number of para-hydroxylation sites is 1. The minimum atomic E-state index is -0.172. The highest BCUT2D eigenvalue weighted by Crippen LogP contribution is 2.06. The Morgan fingerprint density at radius 2 is 1.58 bits per heavy atom. The maximum Gasteiger partial charge on any atom is 0.319 e. The Hall–Kier alpha value is -2.29. The second-order valence-corrected chi connectivity index (χ2v) is 4.56. The van der Waals surface area contributed by atoms with E-state index in [0.29, 0.717) is 0 Å². The average molecular weight is 254 g/mol. The van der Waals surface area contributed by atoms with Crippen LogP contribution in [0.3, 0.4) is 0 Å². The lowest BCUT2D eigenvalue weighted by Gasteiger charge is -2.14. The smallest absolute Gasteiger partial charge is 0.319 e. The molecule has 0 bridgehead atoms. The molecule has 2 rings (SSSR count). The van der Waals surface area contributed by atoms with Gasteiger partial charge in [0, 0.05) is 11.7 Å². The van der Waals surface area contributed by atoms with Crippen LogP contribution in [0.5, 0.6) is 0 Å². The van der Waals surface area contributed by atoms with Gasteiger partial charge >= 0.3 is 6.03 Å². The molecular formula is C16H18N2O. The van der Waals surface area contributed by atoms with Crippen LogP contribution in [0.4, 0.5) is 10.5 Å². The maximum atomic E-state index is 11.8. The quantitative estimate of drug-likeness (QED) is 0.862. The summed E-state index contributed by atoms with van der Waals surface area (Å²) in [7, 11) is 0. The predicted molar refractivity (Wildman–Crippen MR) is 78.2 cm³/mol. The third kappa shape index (κ3) is 4.47. The van der Waals surface area contributed by atoms with Gasteiger partial charge in [-0.05, 0) is 31.0 Å². The Labute approximate surface area is 113 Å². The van der Waals surface area contributed by atoms with E-state index in [1.54, 1.807) is 0 Å². The van der Waals surface area contributed by atoms with Crippen LogP contribution in [0.2, 0.25) is 0 Å². The van der Waals surface area contributed by atoms with Gasteiger partial charge in [-0.2, -0.15) is 0 Å². The van der Waals surface area contributed by atoms with Gasteiger partial charge in [0.15, 0.2) is 0 Å². The summed E-state index contributed by atoms with van der Waals surface area (Å²) in [5, 5.41) is 5.74. The standard InChI is InChI=1S/C16H18N2O/c1-13(12-14-8-4-2-5-9-14)17-16(19)18-15-10-6-3-7-11-15/h2-11,13H,12H2,1H3,(H2,17,18,19). The normalized spacial score (nSPS) is 11.6. The van der Waals surface area contributed by atoms with E-state index in [9.17, 15) is 4.79 Å². The summed E-state index contributed by atoms with van der Waals surface area (Å²) in [5.41, 5.74) is 2.02. The van der Waals surface area contributed by atoms with Crippen LogP contribution in [0.15, 0.2) is 60.7 Å². The topological polar surface area (TPSA) is 41.1 Å². The molecule has 0 spiro atoms. The molecule has 2 aromatic carbocycles. The molecule has 0 aromatic heterocycles. The van der Waals surface area contributed by atoms with Crippen molar-refractivity contribution < 1.29 is 4.79 Å². The van der Waals surface area contributed by atoms with E-state index in [-0.39, 0.29) is 12.1 Å². The minimum absolute atomic E-state index is 0.0890. The highest BCUT2D eigenvalue weighted by molar-refractivity contribution is 5.89. The highest BCUT2D eigenvalue weighted by atomic mass is 16.2. The number of nitrogens with one attached hydrogen (secondary N) is 2. The van der Waals surface area contributed by atoms with E-state index in [4.69, 9.17) is 0 Å². The summed E-state index contributed by atoms with van der Waals surface area (Å²) in [5.74, 6) is 0. The molecule has 2 N–H and O–H groups in total. The Balaban J connectivity index is 1.82. The van der Waals surface area contributed by atoms with E-state index in [0.717, 1.165) is 12.1 Å². The first kappa shape index (κ1) is 13.1. The molecule has 1 atom stereocenters. The molecule has 0 saturated heterocycles. The minimum Gasteiger partial charge on any atom is -0.335 e. The maximum absolute atomic E-state index is 11.8. The molecule has 2 amide bonds. The molecule has 0 aliphatic rings. The lowest BCUT2D eigenvalue weighted by Crippen LogP contribution is -2.37. The van der Waals surface area contributed by atoms with Crippen molar-refractivity contribution in [1.82, 2.24) is 5.32 Å². The monoisotopic (exact) mass is 254 g/mol. The van der Waals surface area contributed by atoms with E-state index < -0.39 is 0 Å². The Bertz CT molecular complexity index is 511. The second-order valence-electron chi connectivity index (χ2n) is 4.56. The van der Waals surface area contributed by atoms with Gasteiger partial charge in [0.2, 0.25) is 0 Å². The molecule has 19 heavy (non-hydrogen) atoms. The summed E-state index contributed by atoms with van der Waals surface area (Å²) in [6.45, 7) is 2.00. The molecule has 98 valence electrons. The molecule has 3 nitrogen and oxygen atoms in total. The zero-order chi connectivity index (χ0) is 13.5. The van der Waals surface area contributed by atoms with Gasteiger partial charge < -0.3 is 10.6 Å². The van der Waals surface area contributed by atoms with Crippen molar-refractivity contribution in [3.63, 3.8) is 0 Å². The summed E-state index contributed by atoms with van der Waals surface area (Å²) in [4.78, 5) is 11.8. The van der Waals surface area contributed by atoms with Crippen molar-refractivity contribution in [2.24, 2.45) is 0 Å². The lowest BCUT2D eigenvalue weighted by molar-refractivity contribution is 0.249. The molecule has 0 aliphatic carbocycles. The van der Waals surface area contributed by atoms with E-state index in [1.165, 1.54) is 5.56 Å². The lowest BCUT2D eigenvalue weighted by atomic mass is 10.1. The van der Waals surface area contributed by atoms with Gasteiger partial charge in [0.1, 0.15) is 0 Å². The highest BCUT2D eigenvalue weighted by Gasteiger charge is 2.07. The Morgan fingerprint density at radius 1 is 1.00 bits per heavy atom. The van der Waals surface area contributed by atoms with Crippen molar-refractivity contribution in [3.05, 3.63) is 66.2 Å². The number of rotatable bonds is 4. The van der Waals surface area contributed by atoms with Crippen LogP contribution in [0.1, 0.15) is 12.5 Å². The molecule has 0 radical (unpaired) electrons. The first-order chi connectivity index (χ1) is 9.24. The third-order valence-electron chi connectivity index (χ3n) is 2.79. The van der Waals surface area contributed by atoms with Crippen molar-refractivity contribution in [1.29, 1.82) is 0 Å². The summed E-state index contributed by atoms with van der Waals surface area (Å²) in [6.07, 6.45) is 0.822. The molecule has 0 aliphatic heterocycles. The zero-order valence-corrected chi connectivity index (χ0v) is 11.0. The van der Waals surface area contributed by atoms with Crippen LogP contribution in [0.25, 0.3) is 0 Å². The average Bonchev–Trinajstić information content (AvgIpc) is 2.40. The van der Waals surface area contributed by atoms with Crippen LogP contribution >= 0.6 is 0 Å². The molecule has 1 unspecified atom stereocenters. The fourth-order valence-electron chi connectivity index (χ4n) is 1.93. The number of amides is 2. The van der Waals surface area contributed by atoms with Crippen LogP contribution in [-0.4, -0.2) is 12.1 Å². The molecule has 0 heterocycles. The summed E-state index contributed by atoms with van der Waals surface area (Å²) >= 11 is 0. The predicted octanol–water partition coefficient (Wildman–Crippen LogP) is 3.44. The number of hydrogen-bond donors (Lipinski definition) is 2. The van der Waals surface area contributed by atoms with E-state index in [1.807, 2.05) is 55.5 Å². The van der Waals surface area contributed by atoms with Crippen LogP contribution in [0, 0.1) is 0 Å². The van der Waals surface area contributed by atoms with Gasteiger partial charge in [-0.15, -0.1) is 0 Å². The number of carbonyl (C=O) groups excluding carboxylic acids is 1. The molecule has 3 heteroatoms. The van der Waals surface area contributed by atoms with Gasteiger partial charge in [-0.3, -0.25) is 0 Å². The number of benzene rings is 2. The first-order valence-electron chi connectivity index (χ1n) is 6.40. The van der Waals surface area contributed by atoms with Crippen molar-refractivity contribution in [2.75, 3.05) is 5.32 Å². The van der Waals surface area contributed by atoms with Crippen LogP contribution in [-0.2, 0) is 6.42 Å². The van der Waals surface area contributed by atoms with E-state index >= 15 is 0 Å². The number of anilines is 1. The second kappa shape index (κ2) is 6.59. The van der Waals surface area contributed by atoms with Crippen molar-refractivity contribution >= 4 is 11.7 Å².